The van der Waals surface area contributed by atoms with Crippen LogP contribution in [0, 0.1) is 11.2 Å². The van der Waals surface area contributed by atoms with Crippen LogP contribution in [0.5, 0.6) is 5.75 Å². The number of aromatic amines is 1. The molecule has 4 aromatic rings. The van der Waals surface area contributed by atoms with E-state index in [-0.39, 0.29) is 29.0 Å². The highest BCUT2D eigenvalue weighted by molar-refractivity contribution is 5.95. The lowest BCUT2D eigenvalue weighted by molar-refractivity contribution is 0.192. The van der Waals surface area contributed by atoms with Gasteiger partial charge in [-0.3, -0.25) is 10.4 Å². The minimum atomic E-state index is -0.883. The highest BCUT2D eigenvalue weighted by Crippen LogP contribution is 2.33. The number of benzene rings is 2. The molecule has 2 aromatic heterocycles. The number of nitrogens with one attached hydrogen (secondary N) is 3. The van der Waals surface area contributed by atoms with Crippen molar-refractivity contribution in [2.75, 3.05) is 26.0 Å². The zero-order chi connectivity index (χ0) is 28.1. The molecule has 0 bridgehead atoms. The van der Waals surface area contributed by atoms with Crippen LogP contribution >= 0.6 is 0 Å². The fourth-order valence-electron chi connectivity index (χ4n) is 3.87. The second kappa shape index (κ2) is 11.9. The van der Waals surface area contributed by atoms with E-state index in [2.05, 4.69) is 20.4 Å². The summed E-state index contributed by atoms with van der Waals surface area (Å²) >= 11 is 0. The molecule has 0 aliphatic rings. The summed E-state index contributed by atoms with van der Waals surface area (Å²) in [4.78, 5) is 21.8. The fourth-order valence-corrected chi connectivity index (χ4v) is 3.87. The van der Waals surface area contributed by atoms with Gasteiger partial charge < -0.3 is 20.7 Å². The highest BCUT2D eigenvalue weighted by Gasteiger charge is 2.26. The van der Waals surface area contributed by atoms with Gasteiger partial charge in [-0.25, -0.2) is 14.2 Å². The number of nitrogens with two attached hydrogens (primary N) is 1. The summed E-state index contributed by atoms with van der Waals surface area (Å²) in [6.45, 7) is 4.27. The first-order chi connectivity index (χ1) is 18.7. The van der Waals surface area contributed by atoms with Crippen molar-refractivity contribution in [2.45, 2.75) is 32.4 Å². The molecular formula is C28H33FN8O2. The summed E-state index contributed by atoms with van der Waals surface area (Å²) in [7, 11) is 3.87. The molecular weight excluding hydrogens is 499 g/mol. The van der Waals surface area contributed by atoms with E-state index < -0.39 is 17.5 Å². The Balaban J connectivity index is 1.81. The third kappa shape index (κ3) is 6.32. The Labute approximate surface area is 226 Å². The molecule has 2 unspecified atom stereocenters. The van der Waals surface area contributed by atoms with Gasteiger partial charge in [-0.05, 0) is 75.5 Å². The predicted octanol–water partition coefficient (Wildman–Crippen LogP) is 3.47. The van der Waals surface area contributed by atoms with Crippen LogP contribution in [0.2, 0.25) is 0 Å². The fraction of sp³-hybridized carbons (Fsp3) is 0.286. The first kappa shape index (κ1) is 27.5. The topological polar surface area (TPSA) is 138 Å². The first-order valence-corrected chi connectivity index (χ1v) is 12.6. The van der Waals surface area contributed by atoms with Gasteiger partial charge in [0.1, 0.15) is 18.5 Å². The Hall–Kier alpha value is -4.51. The number of H-pyrrole nitrogens is 1. The average Bonchev–Trinajstić information content (AvgIpc) is 3.32. The van der Waals surface area contributed by atoms with Crippen LogP contribution in [-0.2, 0) is 6.42 Å². The molecule has 5 N–H and O–H groups in total. The van der Waals surface area contributed by atoms with Crippen molar-refractivity contribution >= 4 is 11.5 Å². The second-order valence-electron chi connectivity index (χ2n) is 9.46. The lowest BCUT2D eigenvalue weighted by atomic mass is 10.00. The summed E-state index contributed by atoms with van der Waals surface area (Å²) in [6, 6.07) is 14.6. The number of amidine groups is 1. The number of nitrogen functional groups attached to an aromatic ring is 1. The minimum Gasteiger partial charge on any atom is -0.489 e. The number of nitrogens with zero attached hydrogens (tertiary/aromatic N) is 4. The number of ether oxygens (including phenoxy) is 1. The van der Waals surface area contributed by atoms with E-state index in [1.54, 1.807) is 60.8 Å². The SMILES string of the molecule is CCc1cc(OCC(C)N(C)C)c(F)c(C(Nc2ccc(C(=N)N)cc2)c2nn(-c3ccccn3)c(=O)[nH]2)c1. The van der Waals surface area contributed by atoms with Gasteiger partial charge in [0.25, 0.3) is 0 Å². The number of hydrogen-bond acceptors (Lipinski definition) is 7. The Morgan fingerprint density at radius 1 is 1.23 bits per heavy atom. The Kier molecular flexibility index (Phi) is 8.40. The summed E-state index contributed by atoms with van der Waals surface area (Å²) < 4.78 is 23.2. The summed E-state index contributed by atoms with van der Waals surface area (Å²) in [5.41, 5.74) is 7.38. The van der Waals surface area contributed by atoms with Crippen LogP contribution < -0.4 is 21.5 Å². The van der Waals surface area contributed by atoms with E-state index in [1.807, 2.05) is 32.8 Å². The van der Waals surface area contributed by atoms with Gasteiger partial charge in [0.2, 0.25) is 0 Å². The van der Waals surface area contributed by atoms with Crippen LogP contribution in [0.4, 0.5) is 10.1 Å². The lowest BCUT2D eigenvalue weighted by Crippen LogP contribution is -2.30. The maximum atomic E-state index is 16.1. The van der Waals surface area contributed by atoms with Gasteiger partial charge in [-0.15, -0.1) is 5.10 Å². The van der Waals surface area contributed by atoms with Gasteiger partial charge in [0, 0.05) is 29.1 Å². The van der Waals surface area contributed by atoms with Gasteiger partial charge >= 0.3 is 5.69 Å². The smallest absolute Gasteiger partial charge is 0.349 e. The van der Waals surface area contributed by atoms with E-state index >= 15 is 4.39 Å². The molecule has 39 heavy (non-hydrogen) atoms. The molecule has 0 spiro atoms. The molecule has 0 fully saturated rings. The molecule has 2 atom stereocenters. The Morgan fingerprint density at radius 3 is 2.59 bits per heavy atom. The third-order valence-corrected chi connectivity index (χ3v) is 6.49. The van der Waals surface area contributed by atoms with Crippen molar-refractivity contribution in [3.63, 3.8) is 0 Å². The molecule has 0 saturated carbocycles. The molecule has 10 nitrogen and oxygen atoms in total. The number of likely N-dealkylation sites (N-methyl/N-ethyl adjacent to an activating group) is 1. The zero-order valence-electron chi connectivity index (χ0n) is 22.4. The van der Waals surface area contributed by atoms with E-state index in [0.29, 0.717) is 30.1 Å². The largest absolute Gasteiger partial charge is 0.489 e. The molecule has 0 aliphatic heterocycles. The van der Waals surface area contributed by atoms with E-state index in [0.717, 1.165) is 10.2 Å². The number of halogens is 1. The second-order valence-corrected chi connectivity index (χ2v) is 9.46. The van der Waals surface area contributed by atoms with Crippen molar-refractivity contribution in [3.8, 4) is 11.6 Å². The maximum absolute atomic E-state index is 16.1. The van der Waals surface area contributed by atoms with Crippen molar-refractivity contribution < 1.29 is 9.13 Å². The van der Waals surface area contributed by atoms with E-state index in [9.17, 15) is 4.79 Å². The van der Waals surface area contributed by atoms with Crippen molar-refractivity contribution in [1.29, 1.82) is 5.41 Å². The number of aryl methyl sites for hydroxylation is 1. The molecule has 11 heteroatoms. The highest BCUT2D eigenvalue weighted by atomic mass is 19.1. The van der Waals surface area contributed by atoms with Gasteiger partial charge in [-0.2, -0.15) is 4.68 Å². The van der Waals surface area contributed by atoms with Crippen LogP contribution in [0.1, 0.15) is 42.4 Å². The van der Waals surface area contributed by atoms with Crippen LogP contribution in [-0.4, -0.2) is 57.2 Å². The average molecular weight is 533 g/mol. The number of rotatable bonds is 11. The van der Waals surface area contributed by atoms with Crippen LogP contribution in [0.15, 0.2) is 65.6 Å². The molecule has 2 aromatic carbocycles. The standard InChI is InChI=1S/C28H33FN8O2/c1-5-18-14-21(24(29)22(15-18)39-16-17(2)36(3)4)25(33-20-11-9-19(10-12-20)26(30)31)27-34-28(38)37(35-27)23-8-6-7-13-32-23/h6-15,17,25,33H,5,16H2,1-4H3,(H3,30,31)(H,34,35,38). The number of pyridine rings is 1. The molecule has 204 valence electrons. The summed E-state index contributed by atoms with van der Waals surface area (Å²) in [5.74, 6) is 0.0413. The number of aromatic nitrogens is 4. The molecule has 2 heterocycles. The number of hydrogen-bond donors (Lipinski definition) is 4. The van der Waals surface area contributed by atoms with Gasteiger partial charge in [-0.1, -0.05) is 19.1 Å². The van der Waals surface area contributed by atoms with Gasteiger partial charge in [0.15, 0.2) is 23.2 Å². The van der Waals surface area contributed by atoms with E-state index in [1.165, 1.54) is 0 Å². The Morgan fingerprint density at radius 2 is 1.97 bits per heavy atom. The minimum absolute atomic E-state index is 0.0630. The molecule has 0 radical (unpaired) electrons. The van der Waals surface area contributed by atoms with Crippen molar-refractivity contribution in [2.24, 2.45) is 5.73 Å². The molecule has 4 rings (SSSR count). The van der Waals surface area contributed by atoms with Crippen molar-refractivity contribution in [3.05, 3.63) is 99.6 Å². The van der Waals surface area contributed by atoms with Crippen LogP contribution in [0.3, 0.4) is 0 Å². The normalized spacial score (nSPS) is 12.8. The van der Waals surface area contributed by atoms with Gasteiger partial charge in [0.05, 0.1) is 0 Å². The molecule has 0 aliphatic carbocycles. The van der Waals surface area contributed by atoms with Crippen molar-refractivity contribution in [1.82, 2.24) is 24.6 Å². The first-order valence-electron chi connectivity index (χ1n) is 12.6. The summed E-state index contributed by atoms with van der Waals surface area (Å²) in [6.07, 6.45) is 2.21. The monoisotopic (exact) mass is 532 g/mol. The maximum Gasteiger partial charge on any atom is 0.349 e. The molecule has 0 saturated heterocycles. The quantitative estimate of drug-likeness (QED) is 0.171. The van der Waals surface area contributed by atoms with E-state index in [4.69, 9.17) is 15.9 Å². The van der Waals surface area contributed by atoms with Crippen LogP contribution in [0.25, 0.3) is 5.82 Å². The zero-order valence-corrected chi connectivity index (χ0v) is 22.4. The lowest BCUT2D eigenvalue weighted by Gasteiger charge is -2.23. The summed E-state index contributed by atoms with van der Waals surface area (Å²) in [5, 5.41) is 15.4. The third-order valence-electron chi connectivity index (χ3n) is 6.49. The molecule has 0 amide bonds. The Bertz CT molecular complexity index is 1480. The predicted molar refractivity (Wildman–Crippen MR) is 149 cm³/mol. The number of anilines is 1.